The highest BCUT2D eigenvalue weighted by Crippen LogP contribution is 2.28. The number of hydrogen-bond donors (Lipinski definition) is 0. The van der Waals surface area contributed by atoms with Gasteiger partial charge in [0.2, 0.25) is 5.91 Å². The fourth-order valence-corrected chi connectivity index (χ4v) is 3.11. The van der Waals surface area contributed by atoms with E-state index >= 15 is 0 Å². The molecular weight excluding hydrogens is 322 g/mol. The Kier molecular flexibility index (Phi) is 4.32. The molecule has 2 aromatic heterocycles. The van der Waals surface area contributed by atoms with Gasteiger partial charge in [0.05, 0.1) is 6.61 Å². The summed E-state index contributed by atoms with van der Waals surface area (Å²) in [5, 5.41) is 0.613. The van der Waals surface area contributed by atoms with Crippen LogP contribution in [0.5, 0.6) is 0 Å². The lowest BCUT2D eigenvalue weighted by atomic mass is 9.84. The van der Waals surface area contributed by atoms with E-state index in [9.17, 15) is 14.4 Å². The van der Waals surface area contributed by atoms with E-state index in [-0.39, 0.29) is 30.0 Å². The molecule has 3 heterocycles. The monoisotopic (exact) mass is 343 g/mol. The minimum absolute atomic E-state index is 0.0842. The standard InChI is InChI=1S/C18H21N3O4/c1-4-25-17(24)13-8-12-6-5-7-19-15(12)21(16(13)23)9-14(22)20-10-18(2,3)11-20/h5-8H,4,9-11H2,1-3H3. The predicted octanol–water partition coefficient (Wildman–Crippen LogP) is 1.44. The van der Waals surface area contributed by atoms with Gasteiger partial charge in [-0.25, -0.2) is 9.78 Å². The Hall–Kier alpha value is -2.70. The quantitative estimate of drug-likeness (QED) is 0.785. The molecule has 1 aliphatic heterocycles. The van der Waals surface area contributed by atoms with Gasteiger partial charge < -0.3 is 9.64 Å². The second kappa shape index (κ2) is 6.31. The zero-order chi connectivity index (χ0) is 18.2. The second-order valence-electron chi connectivity index (χ2n) is 7.00. The van der Waals surface area contributed by atoms with Crippen LogP contribution < -0.4 is 5.56 Å². The topological polar surface area (TPSA) is 81.5 Å². The molecule has 1 aliphatic rings. The van der Waals surface area contributed by atoms with Crippen LogP contribution in [0.1, 0.15) is 31.1 Å². The van der Waals surface area contributed by atoms with E-state index in [2.05, 4.69) is 18.8 Å². The molecule has 25 heavy (non-hydrogen) atoms. The molecule has 0 radical (unpaired) electrons. The molecule has 0 saturated carbocycles. The third-order valence-electron chi connectivity index (χ3n) is 4.23. The summed E-state index contributed by atoms with van der Waals surface area (Å²) in [4.78, 5) is 43.3. The molecule has 0 unspecified atom stereocenters. The Labute approximate surface area is 145 Å². The largest absolute Gasteiger partial charge is 0.462 e. The van der Waals surface area contributed by atoms with Crippen LogP contribution >= 0.6 is 0 Å². The van der Waals surface area contributed by atoms with Crippen LogP contribution in [0.2, 0.25) is 0 Å². The first-order chi connectivity index (χ1) is 11.8. The highest BCUT2D eigenvalue weighted by atomic mass is 16.5. The third kappa shape index (κ3) is 3.26. The van der Waals surface area contributed by atoms with Crippen molar-refractivity contribution in [2.24, 2.45) is 5.41 Å². The van der Waals surface area contributed by atoms with Crippen molar-refractivity contribution in [1.29, 1.82) is 0 Å². The molecule has 1 saturated heterocycles. The minimum atomic E-state index is -0.690. The Bertz CT molecular complexity index is 893. The van der Waals surface area contributed by atoms with Crippen molar-refractivity contribution in [1.82, 2.24) is 14.5 Å². The van der Waals surface area contributed by atoms with Crippen molar-refractivity contribution in [3.8, 4) is 0 Å². The van der Waals surface area contributed by atoms with Gasteiger partial charge in [-0.15, -0.1) is 0 Å². The Morgan fingerprint density at radius 1 is 1.32 bits per heavy atom. The normalized spacial score (nSPS) is 15.7. The molecule has 1 amide bonds. The fourth-order valence-electron chi connectivity index (χ4n) is 3.11. The number of carbonyl (C=O) groups is 2. The number of fused-ring (bicyclic) bond motifs is 1. The molecule has 3 rings (SSSR count). The lowest BCUT2D eigenvalue weighted by molar-refractivity contribution is -0.142. The average Bonchev–Trinajstić information content (AvgIpc) is 2.54. The molecule has 132 valence electrons. The number of aromatic nitrogens is 2. The summed E-state index contributed by atoms with van der Waals surface area (Å²) >= 11 is 0. The Balaban J connectivity index is 2.01. The van der Waals surface area contributed by atoms with Gasteiger partial charge in [0.25, 0.3) is 5.56 Å². The molecule has 7 heteroatoms. The number of likely N-dealkylation sites (tertiary alicyclic amines) is 1. The van der Waals surface area contributed by atoms with Crippen molar-refractivity contribution < 1.29 is 14.3 Å². The van der Waals surface area contributed by atoms with Crippen LogP contribution in [-0.2, 0) is 16.1 Å². The summed E-state index contributed by atoms with van der Waals surface area (Å²) in [7, 11) is 0. The van der Waals surface area contributed by atoms with Gasteiger partial charge in [-0.05, 0) is 30.5 Å². The van der Waals surface area contributed by atoms with Crippen LogP contribution in [0.15, 0.2) is 29.2 Å². The Morgan fingerprint density at radius 2 is 2.04 bits per heavy atom. The summed E-state index contributed by atoms with van der Waals surface area (Å²) < 4.78 is 6.22. The summed E-state index contributed by atoms with van der Waals surface area (Å²) in [5.41, 5.74) is -0.154. The number of ether oxygens (including phenoxy) is 1. The van der Waals surface area contributed by atoms with E-state index in [1.54, 1.807) is 30.2 Å². The molecule has 1 fully saturated rings. The van der Waals surface area contributed by atoms with Crippen LogP contribution in [0.3, 0.4) is 0 Å². The highest BCUT2D eigenvalue weighted by Gasteiger charge is 2.37. The van der Waals surface area contributed by atoms with E-state index in [1.165, 1.54) is 10.6 Å². The van der Waals surface area contributed by atoms with E-state index in [1.807, 2.05) is 0 Å². The van der Waals surface area contributed by atoms with E-state index < -0.39 is 11.5 Å². The molecule has 0 spiro atoms. The predicted molar refractivity (Wildman–Crippen MR) is 92.3 cm³/mol. The van der Waals surface area contributed by atoms with E-state index in [4.69, 9.17) is 4.74 Å². The number of rotatable bonds is 4. The number of nitrogens with zero attached hydrogens (tertiary/aromatic N) is 3. The zero-order valence-electron chi connectivity index (χ0n) is 14.6. The Morgan fingerprint density at radius 3 is 2.68 bits per heavy atom. The maximum Gasteiger partial charge on any atom is 0.343 e. The van der Waals surface area contributed by atoms with Crippen LogP contribution in [-0.4, -0.2) is 46.0 Å². The van der Waals surface area contributed by atoms with Crippen LogP contribution in [0, 0.1) is 5.41 Å². The summed E-state index contributed by atoms with van der Waals surface area (Å²) in [6, 6.07) is 4.93. The number of esters is 1. The summed E-state index contributed by atoms with van der Waals surface area (Å²) in [6.45, 7) is 7.19. The molecular formula is C18H21N3O4. The minimum Gasteiger partial charge on any atom is -0.462 e. The lowest BCUT2D eigenvalue weighted by Crippen LogP contribution is -2.56. The van der Waals surface area contributed by atoms with Crippen LogP contribution in [0.25, 0.3) is 11.0 Å². The molecule has 0 aromatic carbocycles. The van der Waals surface area contributed by atoms with Gasteiger partial charge in [0.1, 0.15) is 17.8 Å². The number of carbonyl (C=O) groups excluding carboxylic acids is 2. The van der Waals surface area contributed by atoms with Gasteiger partial charge >= 0.3 is 5.97 Å². The molecule has 0 N–H and O–H groups in total. The van der Waals surface area contributed by atoms with Crippen molar-refractivity contribution >= 4 is 22.9 Å². The number of amides is 1. The van der Waals surface area contributed by atoms with Gasteiger partial charge in [-0.1, -0.05) is 13.8 Å². The lowest BCUT2D eigenvalue weighted by Gasteiger charge is -2.45. The molecule has 0 bridgehead atoms. The molecule has 2 aromatic rings. The van der Waals surface area contributed by atoms with Crippen molar-refractivity contribution in [3.63, 3.8) is 0 Å². The van der Waals surface area contributed by atoms with E-state index in [0.717, 1.165) is 0 Å². The zero-order valence-corrected chi connectivity index (χ0v) is 14.6. The molecule has 7 nitrogen and oxygen atoms in total. The van der Waals surface area contributed by atoms with Crippen LogP contribution in [0.4, 0.5) is 0 Å². The third-order valence-corrected chi connectivity index (χ3v) is 4.23. The maximum atomic E-state index is 12.7. The summed E-state index contributed by atoms with van der Waals surface area (Å²) in [5.74, 6) is -0.848. The van der Waals surface area contributed by atoms with Crippen molar-refractivity contribution in [3.05, 3.63) is 40.3 Å². The SMILES string of the molecule is CCOC(=O)c1cc2cccnc2n(CC(=O)N2CC(C)(C)C2)c1=O. The van der Waals surface area contributed by atoms with E-state index in [0.29, 0.717) is 24.1 Å². The first-order valence-corrected chi connectivity index (χ1v) is 8.26. The van der Waals surface area contributed by atoms with Crippen molar-refractivity contribution in [2.45, 2.75) is 27.3 Å². The van der Waals surface area contributed by atoms with Gasteiger partial charge in [-0.2, -0.15) is 0 Å². The number of hydrogen-bond acceptors (Lipinski definition) is 5. The van der Waals surface area contributed by atoms with Crippen molar-refractivity contribution in [2.75, 3.05) is 19.7 Å². The maximum absolute atomic E-state index is 12.7. The second-order valence-corrected chi connectivity index (χ2v) is 7.00. The van der Waals surface area contributed by atoms with Gasteiger partial charge in [-0.3, -0.25) is 14.2 Å². The van der Waals surface area contributed by atoms with Gasteiger partial charge in [0.15, 0.2) is 0 Å². The smallest absolute Gasteiger partial charge is 0.343 e. The van der Waals surface area contributed by atoms with Gasteiger partial charge in [0, 0.05) is 24.7 Å². The first-order valence-electron chi connectivity index (χ1n) is 8.26. The first kappa shape index (κ1) is 17.1. The molecule has 0 aliphatic carbocycles. The number of pyridine rings is 2. The summed E-state index contributed by atoms with van der Waals surface area (Å²) in [6.07, 6.45) is 1.56. The molecule has 0 atom stereocenters. The average molecular weight is 343 g/mol. The fraction of sp³-hybridized carbons (Fsp3) is 0.444. The highest BCUT2D eigenvalue weighted by molar-refractivity contribution is 5.93.